The number of hydrogen-bond donors (Lipinski definition) is 1. The molecule has 0 radical (unpaired) electrons. The molecule has 1 N–H and O–H groups in total. The highest BCUT2D eigenvalue weighted by atomic mass is 16.5. The Morgan fingerprint density at radius 2 is 1.89 bits per heavy atom. The molecule has 1 unspecified atom stereocenters. The van der Waals surface area contributed by atoms with Crippen LogP contribution in [0.1, 0.15) is 24.4 Å². The number of methoxy groups -OCH3 is 2. The Morgan fingerprint density at radius 3 is 2.47 bits per heavy atom. The molecular weight excluding hydrogens is 246 g/mol. The summed E-state index contributed by atoms with van der Waals surface area (Å²) in [6.45, 7) is 0.516. The number of benzene rings is 1. The van der Waals surface area contributed by atoms with Gasteiger partial charge < -0.3 is 14.8 Å². The van der Waals surface area contributed by atoms with Gasteiger partial charge in [-0.25, -0.2) is 4.79 Å². The number of amides is 1. The summed E-state index contributed by atoms with van der Waals surface area (Å²) in [5.74, 6) is -0.678. The van der Waals surface area contributed by atoms with Crippen LogP contribution in [0.2, 0.25) is 0 Å². The largest absolute Gasteiger partial charge is 0.467 e. The molecule has 0 saturated carbocycles. The molecule has 1 aromatic rings. The van der Waals surface area contributed by atoms with E-state index in [2.05, 4.69) is 5.32 Å². The first-order valence-electron chi connectivity index (χ1n) is 6.10. The first-order valence-corrected chi connectivity index (χ1v) is 6.10. The van der Waals surface area contributed by atoms with Gasteiger partial charge in [0.1, 0.15) is 0 Å². The number of carbonyl (C=O) groups is 2. The zero-order valence-electron chi connectivity index (χ0n) is 11.2. The fourth-order valence-electron chi connectivity index (χ4n) is 1.65. The SMILES string of the molecule is COCCCC(=O)NC(C(=O)OC)c1ccccc1. The summed E-state index contributed by atoms with van der Waals surface area (Å²) in [7, 11) is 2.88. The first-order chi connectivity index (χ1) is 9.19. The number of esters is 1. The van der Waals surface area contributed by atoms with Gasteiger partial charge in [0, 0.05) is 20.1 Å². The molecule has 1 atom stereocenters. The van der Waals surface area contributed by atoms with E-state index < -0.39 is 12.0 Å². The molecule has 0 heterocycles. The van der Waals surface area contributed by atoms with Gasteiger partial charge in [0.05, 0.1) is 7.11 Å². The van der Waals surface area contributed by atoms with Gasteiger partial charge in [-0.15, -0.1) is 0 Å². The molecule has 5 nitrogen and oxygen atoms in total. The molecule has 0 spiro atoms. The lowest BCUT2D eigenvalue weighted by Gasteiger charge is -2.16. The van der Waals surface area contributed by atoms with Gasteiger partial charge in [-0.1, -0.05) is 30.3 Å². The summed E-state index contributed by atoms with van der Waals surface area (Å²) in [6.07, 6.45) is 0.930. The quantitative estimate of drug-likeness (QED) is 0.598. The minimum atomic E-state index is -0.763. The van der Waals surface area contributed by atoms with Gasteiger partial charge in [0.2, 0.25) is 5.91 Å². The maximum Gasteiger partial charge on any atom is 0.333 e. The molecule has 1 aromatic carbocycles. The highest BCUT2D eigenvalue weighted by molar-refractivity contribution is 5.85. The molecular formula is C14H19NO4. The summed E-state index contributed by atoms with van der Waals surface area (Å²) in [5, 5.41) is 2.67. The van der Waals surface area contributed by atoms with Crippen LogP contribution in [0, 0.1) is 0 Å². The van der Waals surface area contributed by atoms with Crippen molar-refractivity contribution in [3.63, 3.8) is 0 Å². The molecule has 5 heteroatoms. The van der Waals surface area contributed by atoms with Crippen molar-refractivity contribution in [1.82, 2.24) is 5.32 Å². The van der Waals surface area contributed by atoms with Crippen LogP contribution in [0.4, 0.5) is 0 Å². The second-order valence-electron chi connectivity index (χ2n) is 4.03. The van der Waals surface area contributed by atoms with Gasteiger partial charge in [-0.3, -0.25) is 4.79 Å². The smallest absolute Gasteiger partial charge is 0.333 e. The zero-order chi connectivity index (χ0) is 14.1. The van der Waals surface area contributed by atoms with E-state index >= 15 is 0 Å². The van der Waals surface area contributed by atoms with Gasteiger partial charge in [0.25, 0.3) is 0 Å². The van der Waals surface area contributed by atoms with E-state index in [0.29, 0.717) is 25.0 Å². The third-order valence-corrected chi connectivity index (χ3v) is 2.63. The average Bonchev–Trinajstić information content (AvgIpc) is 2.45. The van der Waals surface area contributed by atoms with Gasteiger partial charge in [-0.2, -0.15) is 0 Å². The molecule has 1 rings (SSSR count). The van der Waals surface area contributed by atoms with E-state index in [1.54, 1.807) is 19.2 Å². The van der Waals surface area contributed by atoms with Gasteiger partial charge in [0.15, 0.2) is 6.04 Å². The predicted molar refractivity (Wildman–Crippen MR) is 70.5 cm³/mol. The van der Waals surface area contributed by atoms with E-state index in [9.17, 15) is 9.59 Å². The number of ether oxygens (including phenoxy) is 2. The second-order valence-corrected chi connectivity index (χ2v) is 4.03. The van der Waals surface area contributed by atoms with Crippen LogP contribution >= 0.6 is 0 Å². The van der Waals surface area contributed by atoms with E-state index in [1.807, 2.05) is 18.2 Å². The summed E-state index contributed by atoms with van der Waals surface area (Å²) in [6, 6.07) is 8.25. The number of hydrogen-bond acceptors (Lipinski definition) is 4. The van der Waals surface area contributed by atoms with Crippen molar-refractivity contribution in [2.45, 2.75) is 18.9 Å². The normalized spacial score (nSPS) is 11.7. The minimum absolute atomic E-state index is 0.198. The average molecular weight is 265 g/mol. The zero-order valence-corrected chi connectivity index (χ0v) is 11.2. The third-order valence-electron chi connectivity index (χ3n) is 2.63. The minimum Gasteiger partial charge on any atom is -0.467 e. The third kappa shape index (κ3) is 5.09. The summed E-state index contributed by atoms with van der Waals surface area (Å²) < 4.78 is 9.59. The maximum absolute atomic E-state index is 11.7. The molecule has 0 aliphatic rings. The van der Waals surface area contributed by atoms with E-state index in [4.69, 9.17) is 9.47 Å². The van der Waals surface area contributed by atoms with Crippen molar-refractivity contribution >= 4 is 11.9 Å². The van der Waals surface area contributed by atoms with Crippen molar-refractivity contribution in [1.29, 1.82) is 0 Å². The Labute approximate surface area is 112 Å². The van der Waals surface area contributed by atoms with Crippen LogP contribution in [0.15, 0.2) is 30.3 Å². The van der Waals surface area contributed by atoms with Crippen molar-refractivity contribution in [2.24, 2.45) is 0 Å². The van der Waals surface area contributed by atoms with Gasteiger partial charge in [-0.05, 0) is 12.0 Å². The van der Waals surface area contributed by atoms with Crippen LogP contribution in [0.3, 0.4) is 0 Å². The lowest BCUT2D eigenvalue weighted by atomic mass is 10.1. The molecule has 104 valence electrons. The fraction of sp³-hybridized carbons (Fsp3) is 0.429. The molecule has 0 aliphatic heterocycles. The number of nitrogens with one attached hydrogen (secondary N) is 1. The van der Waals surface area contributed by atoms with Crippen LogP contribution in [-0.2, 0) is 19.1 Å². The van der Waals surface area contributed by atoms with Crippen LogP contribution < -0.4 is 5.32 Å². The Hall–Kier alpha value is -1.88. The van der Waals surface area contributed by atoms with E-state index in [1.165, 1.54) is 7.11 Å². The predicted octanol–water partition coefficient (Wildman–Crippen LogP) is 1.44. The molecule has 19 heavy (non-hydrogen) atoms. The topological polar surface area (TPSA) is 64.6 Å². The van der Waals surface area contributed by atoms with Crippen LogP contribution in [0.5, 0.6) is 0 Å². The highest BCUT2D eigenvalue weighted by Gasteiger charge is 2.22. The van der Waals surface area contributed by atoms with Crippen LogP contribution in [-0.4, -0.2) is 32.7 Å². The summed E-state index contributed by atoms with van der Waals surface area (Å²) >= 11 is 0. The number of carbonyl (C=O) groups excluding carboxylic acids is 2. The van der Waals surface area contributed by atoms with E-state index in [0.717, 1.165) is 0 Å². The Kier molecular flexibility index (Phi) is 6.60. The van der Waals surface area contributed by atoms with E-state index in [-0.39, 0.29) is 5.91 Å². The molecule has 1 amide bonds. The maximum atomic E-state index is 11.7. The monoisotopic (exact) mass is 265 g/mol. The molecule has 0 fully saturated rings. The van der Waals surface area contributed by atoms with Crippen molar-refractivity contribution in [2.75, 3.05) is 20.8 Å². The standard InChI is InChI=1S/C14H19NO4/c1-18-10-6-9-12(16)15-13(14(17)19-2)11-7-4-3-5-8-11/h3-5,7-8,13H,6,9-10H2,1-2H3,(H,15,16). The van der Waals surface area contributed by atoms with Gasteiger partial charge >= 0.3 is 5.97 Å². The lowest BCUT2D eigenvalue weighted by Crippen LogP contribution is -2.34. The number of rotatable bonds is 7. The molecule has 0 bridgehead atoms. The van der Waals surface area contributed by atoms with Crippen molar-refractivity contribution in [3.05, 3.63) is 35.9 Å². The molecule has 0 aromatic heterocycles. The van der Waals surface area contributed by atoms with Crippen molar-refractivity contribution < 1.29 is 19.1 Å². The second kappa shape index (κ2) is 8.26. The van der Waals surface area contributed by atoms with Crippen LogP contribution in [0.25, 0.3) is 0 Å². The highest BCUT2D eigenvalue weighted by Crippen LogP contribution is 2.14. The first kappa shape index (κ1) is 15.2. The summed E-state index contributed by atoms with van der Waals surface area (Å²) in [5.41, 5.74) is 0.703. The van der Waals surface area contributed by atoms with Crippen molar-refractivity contribution in [3.8, 4) is 0 Å². The molecule has 0 saturated heterocycles. The molecule has 0 aliphatic carbocycles. The Balaban J connectivity index is 2.66. The Morgan fingerprint density at radius 1 is 1.21 bits per heavy atom. The lowest BCUT2D eigenvalue weighted by molar-refractivity contribution is -0.145. The Bertz CT molecular complexity index is 405. The summed E-state index contributed by atoms with van der Waals surface area (Å²) in [4.78, 5) is 23.5. The fourth-order valence-corrected chi connectivity index (χ4v) is 1.65.